The van der Waals surface area contributed by atoms with E-state index < -0.39 is 5.97 Å². The Morgan fingerprint density at radius 2 is 1.90 bits per heavy atom. The number of thioether (sulfide) groups is 1. The molecule has 0 saturated heterocycles. The summed E-state index contributed by atoms with van der Waals surface area (Å²) in [6.07, 6.45) is 0. The van der Waals surface area contributed by atoms with Crippen LogP contribution in [0.1, 0.15) is 21.5 Å². The van der Waals surface area contributed by atoms with E-state index in [2.05, 4.69) is 0 Å². The molecule has 0 aliphatic heterocycles. The second-order valence-electron chi connectivity index (χ2n) is 4.31. The van der Waals surface area contributed by atoms with E-state index in [1.165, 1.54) is 24.9 Å². The molecular formula is C16H15FO2S. The predicted octanol–water partition coefficient (Wildman–Crippen LogP) is 4.21. The van der Waals surface area contributed by atoms with Crippen LogP contribution in [0.5, 0.6) is 0 Å². The standard InChI is InChI=1S/C16H15FO2S/c1-11-8-9-14(17)13(15(11)16(18)19-2)10-20-12-6-4-3-5-7-12/h3-9H,10H2,1-2H3. The number of halogens is 1. The number of hydrogen-bond acceptors (Lipinski definition) is 3. The van der Waals surface area contributed by atoms with Crippen molar-refractivity contribution in [1.82, 2.24) is 0 Å². The molecule has 0 amide bonds. The average molecular weight is 290 g/mol. The number of methoxy groups -OCH3 is 1. The van der Waals surface area contributed by atoms with E-state index in [4.69, 9.17) is 4.74 Å². The van der Waals surface area contributed by atoms with Crippen LogP contribution in [-0.2, 0) is 10.5 Å². The molecule has 0 spiro atoms. The van der Waals surface area contributed by atoms with E-state index in [1.54, 1.807) is 13.0 Å². The van der Waals surface area contributed by atoms with Gasteiger partial charge in [0.2, 0.25) is 0 Å². The van der Waals surface area contributed by atoms with Gasteiger partial charge in [-0.2, -0.15) is 0 Å². The van der Waals surface area contributed by atoms with Crippen LogP contribution in [0.4, 0.5) is 4.39 Å². The molecule has 2 aromatic carbocycles. The molecule has 0 aliphatic carbocycles. The number of esters is 1. The van der Waals surface area contributed by atoms with Gasteiger partial charge >= 0.3 is 5.97 Å². The van der Waals surface area contributed by atoms with Gasteiger partial charge in [0.1, 0.15) is 5.82 Å². The van der Waals surface area contributed by atoms with Crippen molar-refractivity contribution in [3.05, 3.63) is 65.0 Å². The van der Waals surface area contributed by atoms with Gasteiger partial charge in [-0.1, -0.05) is 24.3 Å². The first-order valence-corrected chi connectivity index (χ1v) is 7.16. The quantitative estimate of drug-likeness (QED) is 0.623. The van der Waals surface area contributed by atoms with Crippen LogP contribution >= 0.6 is 11.8 Å². The van der Waals surface area contributed by atoms with Crippen molar-refractivity contribution in [3.63, 3.8) is 0 Å². The molecule has 0 aliphatic rings. The molecule has 0 fully saturated rings. The van der Waals surface area contributed by atoms with E-state index in [1.807, 2.05) is 30.3 Å². The smallest absolute Gasteiger partial charge is 0.338 e. The first-order valence-electron chi connectivity index (χ1n) is 6.17. The molecule has 0 heterocycles. The van der Waals surface area contributed by atoms with Gasteiger partial charge in [-0.15, -0.1) is 11.8 Å². The minimum absolute atomic E-state index is 0.330. The topological polar surface area (TPSA) is 26.3 Å². The number of aryl methyl sites for hydroxylation is 1. The fourth-order valence-corrected chi connectivity index (χ4v) is 2.88. The Hall–Kier alpha value is -1.81. The van der Waals surface area contributed by atoms with Crippen LogP contribution in [-0.4, -0.2) is 13.1 Å². The van der Waals surface area contributed by atoms with Gasteiger partial charge in [0, 0.05) is 16.2 Å². The van der Waals surface area contributed by atoms with Crippen molar-refractivity contribution in [2.24, 2.45) is 0 Å². The predicted molar refractivity (Wildman–Crippen MR) is 78.5 cm³/mol. The fraction of sp³-hybridized carbons (Fsp3) is 0.188. The van der Waals surface area contributed by atoms with Gasteiger partial charge < -0.3 is 4.74 Å². The number of hydrogen-bond donors (Lipinski definition) is 0. The first kappa shape index (κ1) is 14.6. The highest BCUT2D eigenvalue weighted by Crippen LogP contribution is 2.28. The van der Waals surface area contributed by atoms with Gasteiger partial charge in [0.25, 0.3) is 0 Å². The third-order valence-corrected chi connectivity index (χ3v) is 4.02. The molecule has 0 atom stereocenters. The Kier molecular flexibility index (Phi) is 4.79. The molecule has 20 heavy (non-hydrogen) atoms. The zero-order valence-corrected chi connectivity index (χ0v) is 12.2. The maximum Gasteiger partial charge on any atom is 0.338 e. The average Bonchev–Trinajstić information content (AvgIpc) is 2.48. The lowest BCUT2D eigenvalue weighted by Crippen LogP contribution is -2.09. The minimum atomic E-state index is -0.495. The molecule has 0 aromatic heterocycles. The molecule has 0 bridgehead atoms. The zero-order chi connectivity index (χ0) is 14.5. The van der Waals surface area contributed by atoms with E-state index >= 15 is 0 Å². The van der Waals surface area contributed by atoms with Crippen LogP contribution in [0.3, 0.4) is 0 Å². The second-order valence-corrected chi connectivity index (χ2v) is 5.36. The highest BCUT2D eigenvalue weighted by Gasteiger charge is 2.18. The Morgan fingerprint density at radius 3 is 2.55 bits per heavy atom. The number of rotatable bonds is 4. The Morgan fingerprint density at radius 1 is 1.20 bits per heavy atom. The number of carbonyl (C=O) groups is 1. The summed E-state index contributed by atoms with van der Waals surface area (Å²) >= 11 is 1.49. The number of benzene rings is 2. The summed E-state index contributed by atoms with van der Waals surface area (Å²) in [6.45, 7) is 1.78. The van der Waals surface area contributed by atoms with Gasteiger partial charge in [0.15, 0.2) is 0 Å². The largest absolute Gasteiger partial charge is 0.465 e. The molecular weight excluding hydrogens is 275 g/mol. The summed E-state index contributed by atoms with van der Waals surface area (Å²) in [6, 6.07) is 12.7. The van der Waals surface area contributed by atoms with Crippen molar-refractivity contribution in [1.29, 1.82) is 0 Å². The van der Waals surface area contributed by atoms with Gasteiger partial charge in [-0.3, -0.25) is 0 Å². The molecule has 0 N–H and O–H groups in total. The molecule has 2 nitrogen and oxygen atoms in total. The van der Waals surface area contributed by atoms with Crippen molar-refractivity contribution in [2.45, 2.75) is 17.6 Å². The summed E-state index contributed by atoms with van der Waals surface area (Å²) in [5.74, 6) is -0.479. The number of carbonyl (C=O) groups excluding carboxylic acids is 1. The van der Waals surface area contributed by atoms with Crippen LogP contribution < -0.4 is 0 Å². The third-order valence-electron chi connectivity index (χ3n) is 2.98. The van der Waals surface area contributed by atoms with Crippen molar-refractivity contribution < 1.29 is 13.9 Å². The highest BCUT2D eigenvalue weighted by atomic mass is 32.2. The highest BCUT2D eigenvalue weighted by molar-refractivity contribution is 7.98. The SMILES string of the molecule is COC(=O)c1c(C)ccc(F)c1CSc1ccccc1. The van der Waals surface area contributed by atoms with Gasteiger partial charge in [-0.05, 0) is 30.7 Å². The van der Waals surface area contributed by atoms with Crippen molar-refractivity contribution >= 4 is 17.7 Å². The van der Waals surface area contributed by atoms with Crippen LogP contribution in [0, 0.1) is 12.7 Å². The van der Waals surface area contributed by atoms with Crippen LogP contribution in [0.2, 0.25) is 0 Å². The summed E-state index contributed by atoms with van der Waals surface area (Å²) in [4.78, 5) is 12.9. The molecule has 4 heteroatoms. The summed E-state index contributed by atoms with van der Waals surface area (Å²) in [5.41, 5.74) is 1.45. The van der Waals surface area contributed by atoms with E-state index in [-0.39, 0.29) is 5.82 Å². The fourth-order valence-electron chi connectivity index (χ4n) is 1.94. The van der Waals surface area contributed by atoms with E-state index in [0.29, 0.717) is 16.9 Å². The minimum Gasteiger partial charge on any atom is -0.465 e. The maximum atomic E-state index is 14.0. The first-order chi connectivity index (χ1) is 9.63. The zero-order valence-electron chi connectivity index (χ0n) is 11.4. The Bertz CT molecular complexity index is 611. The maximum absolute atomic E-state index is 14.0. The van der Waals surface area contributed by atoms with Gasteiger partial charge in [0.05, 0.1) is 12.7 Å². The Labute approximate surface area is 122 Å². The third kappa shape index (κ3) is 3.20. The van der Waals surface area contributed by atoms with E-state index in [0.717, 1.165) is 10.5 Å². The second kappa shape index (κ2) is 6.57. The molecule has 0 saturated carbocycles. The lowest BCUT2D eigenvalue weighted by molar-refractivity contribution is 0.0598. The molecule has 2 rings (SSSR count). The summed E-state index contributed by atoms with van der Waals surface area (Å²) < 4.78 is 18.8. The molecule has 0 radical (unpaired) electrons. The molecule has 0 unspecified atom stereocenters. The number of ether oxygens (including phenoxy) is 1. The van der Waals surface area contributed by atoms with Crippen LogP contribution in [0.15, 0.2) is 47.4 Å². The van der Waals surface area contributed by atoms with Crippen LogP contribution in [0.25, 0.3) is 0 Å². The van der Waals surface area contributed by atoms with Crippen molar-refractivity contribution in [3.8, 4) is 0 Å². The van der Waals surface area contributed by atoms with Gasteiger partial charge in [-0.25, -0.2) is 9.18 Å². The lowest BCUT2D eigenvalue weighted by Gasteiger charge is -2.11. The molecule has 104 valence electrons. The van der Waals surface area contributed by atoms with E-state index in [9.17, 15) is 9.18 Å². The normalized spacial score (nSPS) is 10.3. The molecule has 2 aromatic rings. The summed E-state index contributed by atoms with van der Waals surface area (Å²) in [5, 5.41) is 0. The van der Waals surface area contributed by atoms with Crippen molar-refractivity contribution in [2.75, 3.05) is 7.11 Å². The lowest BCUT2D eigenvalue weighted by atomic mass is 10.0. The Balaban J connectivity index is 2.31. The monoisotopic (exact) mass is 290 g/mol. The summed E-state index contributed by atoms with van der Waals surface area (Å²) in [7, 11) is 1.31.